The van der Waals surface area contributed by atoms with Crippen LogP contribution in [0, 0.1) is 89.9 Å². The third-order valence-electron chi connectivity index (χ3n) is 20.9. The van der Waals surface area contributed by atoms with Crippen LogP contribution in [0.25, 0.3) is 178 Å². The molecule has 4 radical (unpaired) electrons. The maximum Gasteiger partial charge on any atom is 0.216 e. The average Bonchev–Trinajstić information content (AvgIpc) is 1.64. The molecule has 140 heavy (non-hydrogen) atoms. The summed E-state index contributed by atoms with van der Waals surface area (Å²) in [5.41, 5.74) is 19.4. The Morgan fingerprint density at radius 1 is 0.243 bits per heavy atom. The van der Waals surface area contributed by atoms with Crippen molar-refractivity contribution in [2.24, 2.45) is 0 Å². The van der Waals surface area contributed by atoms with E-state index in [9.17, 15) is 0 Å². The molecule has 16 nitrogen and oxygen atoms in total. The van der Waals surface area contributed by atoms with Crippen LogP contribution in [-0.4, -0.2) is 59.8 Å². The molecule has 0 atom stereocenters. The van der Waals surface area contributed by atoms with E-state index < -0.39 is 59.8 Å². The van der Waals surface area contributed by atoms with Crippen LogP contribution < -0.4 is 0 Å². The molecular weight excluding hydrogens is 2440 g/mol. The largest absolute Gasteiger partial charge is 0.486 e. The molecule has 16 aromatic heterocycles. The van der Waals surface area contributed by atoms with Gasteiger partial charge in [-0.25, -0.2) is 19.9 Å². The number of hydrogen-bond donors (Lipinski definition) is 0. The van der Waals surface area contributed by atoms with Crippen LogP contribution in [0.4, 0.5) is 0 Å². The van der Waals surface area contributed by atoms with Crippen molar-refractivity contribution in [3.05, 3.63) is 459 Å². The van der Waals surface area contributed by atoms with E-state index in [-0.39, 0.29) is 120 Å². The summed E-state index contributed by atoms with van der Waals surface area (Å²) in [5, 5.41) is 7.31. The Labute approximate surface area is 900 Å². The van der Waals surface area contributed by atoms with Crippen molar-refractivity contribution in [2.45, 2.75) is 80.5 Å². The number of nitrogens with zero attached hydrogens (tertiary/aromatic N) is 12. The number of pyridine rings is 12. The van der Waals surface area contributed by atoms with Gasteiger partial charge in [-0.2, -0.15) is 0 Å². The molecule has 0 aliphatic carbocycles. The number of fused-ring (bicyclic) bond motifs is 12. The normalized spacial score (nSPS) is 13.8. The molecule has 0 aliphatic rings. The van der Waals surface area contributed by atoms with Gasteiger partial charge in [0, 0.05) is 206 Å². The van der Waals surface area contributed by atoms with Gasteiger partial charge in [0.2, 0.25) is 22.9 Å². The van der Waals surface area contributed by atoms with Gasteiger partial charge in [-0.3, -0.25) is 0 Å². The summed E-state index contributed by atoms with van der Waals surface area (Å²) in [7, 11) is 0. The standard InChI is InChI=1S/C20H17N2O.C19H15N2O.2C17H11N2O.3C12H10N.C11H8N.4Ir/c1-12(2)14-9-10-21-18(11-14)17-6-4-5-15-16-8-7-13(3)22-20(16)23-19(15)17;1-12(2)13-8-10-20-17(11-13)16-6-3-5-14-15-7-4-9-21-19(15)22-18(14)16;2*1-11-8-9-13-12-5-4-6-14(15-7-2-3-10-18-15)16(12)20-17(13)19-11;3*1-10-7-8-12(13-9-10)11-5-3-2-4-6-11;1-2-6-10(7-3-1)11-8-4-5-9-12-11;;;;/h4-5,7-12H,1-3H3;3-5,7-12H,1-2H3;2*2-5,7-10H,1H3;3*2-5,7-9H,1H3;1-6,8-9H;;;;/q8*-1;;;;/i2*1D3,2D3,12D;;;3*1D3;;;;;. The monoisotopic (exact) mass is 2560 g/mol. The Bertz CT molecular complexity index is 8680. The molecule has 0 unspecified atom stereocenters. The van der Waals surface area contributed by atoms with Gasteiger partial charge >= 0.3 is 0 Å². The Balaban J connectivity index is 0.000000155. The first-order valence-corrected chi connectivity index (χ1v) is 42.6. The second kappa shape index (κ2) is 49.6. The first-order valence-electron chi connectivity index (χ1n) is 54.1. The maximum absolute atomic E-state index is 8.40. The third-order valence-corrected chi connectivity index (χ3v) is 20.9. The van der Waals surface area contributed by atoms with Crippen molar-refractivity contribution in [2.75, 3.05) is 0 Å². The Morgan fingerprint density at radius 3 is 0.843 bits per heavy atom. The fourth-order valence-electron chi connectivity index (χ4n) is 14.3. The predicted molar refractivity (Wildman–Crippen MR) is 545 cm³/mol. The SMILES string of the molecule is Cc1ccc2c(n1)oc1c(-c3ccccn3)[c-]ccc12.Cc1ccc2c(n1)oc1c(-c3ccccn3)[c-]ccc12.[2H]C([2H])([2H])C([2H])(c1ccnc(-c2[c-]ccc3c2oc2nc(C)ccc23)c1)C([2H])([2H])[2H].[2H]C([2H])([2H])C([2H])(c1ccnc(-c2[c-]ccc3c2oc2ncccc23)c1)C([2H])([2H])[2H].[2H]C([2H])([2H])c1ccc(-c2[c-]cccc2)nc1.[2H]C([2H])([2H])c1ccc(-c2[c-]cccc2)nc1.[2H]C([2H])([2H])c1ccc(-c2[c-]cccc2)nc1.[Ir].[Ir].[Ir].[Ir].[c-]1ccccc1-c1ccccn1. The molecule has 0 saturated carbocycles. The minimum Gasteiger partial charge on any atom is -0.486 e. The molecule has 24 aromatic rings. The van der Waals surface area contributed by atoms with Gasteiger partial charge < -0.3 is 57.5 Å². The van der Waals surface area contributed by atoms with Gasteiger partial charge in [-0.1, -0.05) is 167 Å². The molecule has 0 aliphatic heterocycles. The van der Waals surface area contributed by atoms with Crippen molar-refractivity contribution in [3.8, 4) is 90.1 Å². The maximum atomic E-state index is 8.40. The first kappa shape index (κ1) is 75.4. The molecule has 0 bridgehead atoms. The number of rotatable bonds is 10. The van der Waals surface area contributed by atoms with Crippen molar-refractivity contribution in [3.63, 3.8) is 0 Å². The minimum absolute atomic E-state index is 0. The molecule has 0 amide bonds. The number of aryl methyl sites for hydroxylation is 6. The predicted octanol–water partition coefficient (Wildman–Crippen LogP) is 29.7. The number of furan rings is 4. The summed E-state index contributed by atoms with van der Waals surface area (Å²) in [6.07, 6.45) is 13.7. The summed E-state index contributed by atoms with van der Waals surface area (Å²) in [5.74, 6) is -5.61. The van der Waals surface area contributed by atoms with Crippen molar-refractivity contribution in [1.29, 1.82) is 0 Å². The Kier molecular flexibility index (Phi) is 26.7. The van der Waals surface area contributed by atoms with Gasteiger partial charge in [0.05, 0.1) is 22.3 Å². The Morgan fingerprint density at radius 2 is 0.543 bits per heavy atom. The van der Waals surface area contributed by atoms with E-state index in [1.807, 2.05) is 233 Å². The van der Waals surface area contributed by atoms with Crippen LogP contribution in [0.15, 0.2) is 383 Å². The zero-order valence-corrected chi connectivity index (χ0v) is 84.1. The molecule has 0 N–H and O–H groups in total. The summed E-state index contributed by atoms with van der Waals surface area (Å²) in [6.45, 7) is -12.8. The van der Waals surface area contributed by atoms with Crippen LogP contribution >= 0.6 is 0 Å². The van der Waals surface area contributed by atoms with Crippen LogP contribution in [0.5, 0.6) is 0 Å². The summed E-state index contributed by atoms with van der Waals surface area (Å²) in [6, 6.07) is 118. The molecule has 700 valence electrons. The summed E-state index contributed by atoms with van der Waals surface area (Å²) >= 11 is 0. The van der Waals surface area contributed by atoms with Crippen molar-refractivity contribution in [1.82, 2.24) is 59.8 Å². The van der Waals surface area contributed by atoms with Gasteiger partial charge in [0.15, 0.2) is 0 Å². The molecule has 0 fully saturated rings. The van der Waals surface area contributed by atoms with Crippen molar-refractivity contribution >= 4 is 88.3 Å². The van der Waals surface area contributed by atoms with E-state index in [2.05, 4.69) is 108 Å². The Hall–Kier alpha value is -14.6. The fourth-order valence-corrected chi connectivity index (χ4v) is 14.3. The van der Waals surface area contributed by atoms with E-state index in [1.54, 1.807) is 97.6 Å². The second-order valence-corrected chi connectivity index (χ2v) is 30.2. The van der Waals surface area contributed by atoms with E-state index in [0.29, 0.717) is 45.1 Å². The van der Waals surface area contributed by atoms with Gasteiger partial charge in [0.1, 0.15) is 0 Å². The summed E-state index contributed by atoms with van der Waals surface area (Å²) in [4.78, 5) is 51.3. The van der Waals surface area contributed by atoms with Crippen LogP contribution in [0.2, 0.25) is 0 Å². The molecular formula is C120H92Ir4N12O4-8. The van der Waals surface area contributed by atoms with Gasteiger partial charge in [0.25, 0.3) is 0 Å². The topological polar surface area (TPSA) is 207 Å². The fraction of sp³-hybridized carbons (Fsp3) is 0.100. The summed E-state index contributed by atoms with van der Waals surface area (Å²) < 4.78 is 198. The second-order valence-electron chi connectivity index (χ2n) is 30.2. The average molecular weight is 2560 g/mol. The molecule has 8 aromatic carbocycles. The number of benzene rings is 8. The van der Waals surface area contributed by atoms with E-state index >= 15 is 0 Å². The smallest absolute Gasteiger partial charge is 0.216 e. The zero-order valence-electron chi connectivity index (χ0n) is 97.5. The third kappa shape index (κ3) is 25.5. The minimum atomic E-state index is -3.08. The van der Waals surface area contributed by atoms with Crippen LogP contribution in [-0.2, 0) is 80.4 Å². The van der Waals surface area contributed by atoms with E-state index in [4.69, 9.17) is 49.2 Å². The van der Waals surface area contributed by atoms with E-state index in [1.165, 1.54) is 55.2 Å². The van der Waals surface area contributed by atoms with Gasteiger partial charge in [-0.05, 0) is 194 Å². The number of aromatic nitrogens is 12. The molecule has 0 saturated heterocycles. The van der Waals surface area contributed by atoms with Crippen molar-refractivity contribution < 1.29 is 130 Å². The zero-order chi connectivity index (χ0) is 113. The molecule has 16 heterocycles. The molecule has 24 rings (SSSR count). The van der Waals surface area contributed by atoms with Gasteiger partial charge in [-0.15, -0.1) is 216 Å². The molecule has 0 spiro atoms. The van der Waals surface area contributed by atoms with Crippen LogP contribution in [0.1, 0.15) is 116 Å². The molecule has 20 heteroatoms. The number of hydrogen-bond acceptors (Lipinski definition) is 16. The van der Waals surface area contributed by atoms with E-state index in [0.717, 1.165) is 139 Å². The quantitative estimate of drug-likeness (QED) is 0.117. The first-order chi connectivity index (χ1) is 75.8. The van der Waals surface area contributed by atoms with Crippen LogP contribution in [0.3, 0.4) is 0 Å².